The van der Waals surface area contributed by atoms with E-state index in [1.165, 1.54) is 18.4 Å². The molecule has 0 atom stereocenters. The molecule has 4 heterocycles. The maximum absolute atomic E-state index is 12.1. The summed E-state index contributed by atoms with van der Waals surface area (Å²) in [6, 6.07) is 0. The van der Waals surface area contributed by atoms with Crippen LogP contribution >= 0.6 is 0 Å². The Balaban J connectivity index is 1.35. The SMILES string of the molecule is Cn1ncc2c(=O)[nH]c(N3CC(c4ncc(C5CC5)cn4)C3)nc21. The van der Waals surface area contributed by atoms with E-state index in [2.05, 4.69) is 25.0 Å². The van der Waals surface area contributed by atoms with Gasteiger partial charge in [-0.25, -0.2) is 9.97 Å². The fraction of sp³-hybridized carbons (Fsp3) is 0.438. The highest BCUT2D eigenvalue weighted by molar-refractivity contribution is 5.74. The quantitative estimate of drug-likeness (QED) is 0.771. The van der Waals surface area contributed by atoms with Crippen molar-refractivity contribution in [1.82, 2.24) is 29.7 Å². The van der Waals surface area contributed by atoms with E-state index >= 15 is 0 Å². The molecule has 0 radical (unpaired) electrons. The van der Waals surface area contributed by atoms with Gasteiger partial charge in [-0.3, -0.25) is 14.5 Å². The Morgan fingerprint density at radius 3 is 2.58 bits per heavy atom. The lowest BCUT2D eigenvalue weighted by Crippen LogP contribution is -2.47. The summed E-state index contributed by atoms with van der Waals surface area (Å²) in [6.45, 7) is 1.52. The van der Waals surface area contributed by atoms with E-state index < -0.39 is 0 Å². The lowest BCUT2D eigenvalue weighted by Gasteiger charge is -2.38. The zero-order valence-electron chi connectivity index (χ0n) is 13.3. The summed E-state index contributed by atoms with van der Waals surface area (Å²) in [4.78, 5) is 30.5. The monoisotopic (exact) mass is 323 g/mol. The molecule has 0 amide bonds. The van der Waals surface area contributed by atoms with Crippen LogP contribution in [0.25, 0.3) is 11.0 Å². The summed E-state index contributed by atoms with van der Waals surface area (Å²) < 4.78 is 1.62. The number of aryl methyl sites for hydroxylation is 1. The van der Waals surface area contributed by atoms with Crippen molar-refractivity contribution in [2.45, 2.75) is 24.7 Å². The van der Waals surface area contributed by atoms with Gasteiger partial charge in [-0.05, 0) is 24.3 Å². The Kier molecular flexibility index (Phi) is 2.76. The molecule has 122 valence electrons. The number of anilines is 1. The number of nitrogens with zero attached hydrogens (tertiary/aromatic N) is 6. The fourth-order valence-corrected chi connectivity index (χ4v) is 3.17. The number of H-pyrrole nitrogens is 1. The average Bonchev–Trinajstić information content (AvgIpc) is 3.31. The molecule has 0 bridgehead atoms. The second-order valence-corrected chi connectivity index (χ2v) is 6.65. The van der Waals surface area contributed by atoms with Gasteiger partial charge in [-0.1, -0.05) is 0 Å². The maximum atomic E-state index is 12.1. The van der Waals surface area contributed by atoms with E-state index in [0.29, 0.717) is 22.9 Å². The Morgan fingerprint density at radius 2 is 1.88 bits per heavy atom. The van der Waals surface area contributed by atoms with E-state index in [4.69, 9.17) is 0 Å². The van der Waals surface area contributed by atoms with Crippen LogP contribution in [0.15, 0.2) is 23.4 Å². The van der Waals surface area contributed by atoms with Crippen LogP contribution in [0.2, 0.25) is 0 Å². The molecule has 8 nitrogen and oxygen atoms in total. The van der Waals surface area contributed by atoms with Crippen LogP contribution in [-0.2, 0) is 7.05 Å². The number of fused-ring (bicyclic) bond motifs is 1. The van der Waals surface area contributed by atoms with Gasteiger partial charge < -0.3 is 4.90 Å². The summed E-state index contributed by atoms with van der Waals surface area (Å²) >= 11 is 0. The molecule has 0 unspecified atom stereocenters. The topological polar surface area (TPSA) is 92.6 Å². The molecule has 3 aromatic rings. The second-order valence-electron chi connectivity index (χ2n) is 6.65. The average molecular weight is 323 g/mol. The predicted molar refractivity (Wildman–Crippen MR) is 88.1 cm³/mol. The minimum absolute atomic E-state index is 0.156. The van der Waals surface area contributed by atoms with Crippen LogP contribution in [0, 0.1) is 0 Å². The van der Waals surface area contributed by atoms with Gasteiger partial charge in [0, 0.05) is 32.5 Å². The van der Waals surface area contributed by atoms with Crippen molar-refractivity contribution < 1.29 is 0 Å². The standard InChI is InChI=1S/C16H17N7O/c1-22-14-12(6-19-22)15(24)21-16(20-14)23-7-11(8-23)13-17-4-10(5-18-13)9-2-3-9/h4-6,9,11H,2-3,7-8H2,1H3,(H,20,21,24). The van der Waals surface area contributed by atoms with E-state index in [1.54, 1.807) is 17.9 Å². The molecule has 2 aliphatic rings. The number of hydrogen-bond acceptors (Lipinski definition) is 6. The van der Waals surface area contributed by atoms with Crippen molar-refractivity contribution in [2.75, 3.05) is 18.0 Å². The Hall–Kier alpha value is -2.77. The summed E-state index contributed by atoms with van der Waals surface area (Å²) in [7, 11) is 1.78. The lowest BCUT2D eigenvalue weighted by atomic mass is 9.99. The highest BCUT2D eigenvalue weighted by atomic mass is 16.1. The smallest absolute Gasteiger partial charge is 0.263 e. The third kappa shape index (κ3) is 2.10. The van der Waals surface area contributed by atoms with Crippen LogP contribution in [0.5, 0.6) is 0 Å². The van der Waals surface area contributed by atoms with Crippen LogP contribution in [-0.4, -0.2) is 42.8 Å². The maximum Gasteiger partial charge on any atom is 0.263 e. The summed E-state index contributed by atoms with van der Waals surface area (Å²) in [6.07, 6.45) is 7.99. The molecule has 3 aromatic heterocycles. The van der Waals surface area contributed by atoms with E-state index in [-0.39, 0.29) is 11.5 Å². The van der Waals surface area contributed by atoms with Gasteiger partial charge in [0.15, 0.2) is 5.65 Å². The van der Waals surface area contributed by atoms with Crippen LogP contribution in [0.3, 0.4) is 0 Å². The molecule has 24 heavy (non-hydrogen) atoms. The number of hydrogen-bond donors (Lipinski definition) is 1. The largest absolute Gasteiger partial charge is 0.341 e. The van der Waals surface area contributed by atoms with Crippen LogP contribution < -0.4 is 10.5 Å². The molecule has 8 heteroatoms. The molecule has 0 spiro atoms. The fourth-order valence-electron chi connectivity index (χ4n) is 3.17. The van der Waals surface area contributed by atoms with Crippen molar-refractivity contribution in [1.29, 1.82) is 0 Å². The molecular formula is C16H17N7O. The van der Waals surface area contributed by atoms with Crippen molar-refractivity contribution in [3.63, 3.8) is 0 Å². The molecule has 1 saturated heterocycles. The number of aromatic nitrogens is 6. The second kappa shape index (κ2) is 4.86. The first-order valence-corrected chi connectivity index (χ1v) is 8.18. The first-order valence-electron chi connectivity index (χ1n) is 8.18. The molecule has 2 fully saturated rings. The zero-order valence-corrected chi connectivity index (χ0v) is 13.3. The van der Waals surface area contributed by atoms with Gasteiger partial charge in [-0.2, -0.15) is 10.1 Å². The van der Waals surface area contributed by atoms with Crippen molar-refractivity contribution in [3.05, 3.63) is 40.3 Å². The minimum Gasteiger partial charge on any atom is -0.341 e. The normalized spacial score (nSPS) is 18.1. The Bertz CT molecular complexity index is 964. The lowest BCUT2D eigenvalue weighted by molar-refractivity contribution is 0.490. The first kappa shape index (κ1) is 13.6. The summed E-state index contributed by atoms with van der Waals surface area (Å²) in [5.41, 5.74) is 1.70. The van der Waals surface area contributed by atoms with Gasteiger partial charge in [0.2, 0.25) is 5.95 Å². The van der Waals surface area contributed by atoms with Gasteiger partial charge >= 0.3 is 0 Å². The molecule has 5 rings (SSSR count). The highest BCUT2D eigenvalue weighted by Crippen LogP contribution is 2.39. The van der Waals surface area contributed by atoms with Gasteiger partial charge in [-0.15, -0.1) is 0 Å². The van der Waals surface area contributed by atoms with E-state index in [9.17, 15) is 4.79 Å². The van der Waals surface area contributed by atoms with Crippen molar-refractivity contribution in [3.8, 4) is 0 Å². The zero-order chi connectivity index (χ0) is 16.3. The molecule has 1 N–H and O–H groups in total. The van der Waals surface area contributed by atoms with Crippen LogP contribution in [0.4, 0.5) is 5.95 Å². The number of rotatable bonds is 3. The van der Waals surface area contributed by atoms with Gasteiger partial charge in [0.05, 0.1) is 12.1 Å². The summed E-state index contributed by atoms with van der Waals surface area (Å²) in [5.74, 6) is 2.42. The van der Waals surface area contributed by atoms with Crippen molar-refractivity contribution >= 4 is 17.0 Å². The molecule has 1 aliphatic heterocycles. The molecule has 0 aromatic carbocycles. The Labute approximate surface area is 137 Å². The molecule has 1 aliphatic carbocycles. The summed E-state index contributed by atoms with van der Waals surface area (Å²) in [5, 5.41) is 4.60. The predicted octanol–water partition coefficient (Wildman–Crippen LogP) is 0.928. The first-order chi connectivity index (χ1) is 11.7. The third-order valence-electron chi connectivity index (χ3n) is 4.88. The number of aromatic amines is 1. The molecular weight excluding hydrogens is 306 g/mol. The van der Waals surface area contributed by atoms with Gasteiger partial charge in [0.1, 0.15) is 11.2 Å². The van der Waals surface area contributed by atoms with Gasteiger partial charge in [0.25, 0.3) is 5.56 Å². The van der Waals surface area contributed by atoms with Crippen molar-refractivity contribution in [2.24, 2.45) is 7.05 Å². The minimum atomic E-state index is -0.156. The third-order valence-corrected chi connectivity index (χ3v) is 4.88. The van der Waals surface area contributed by atoms with E-state index in [1.807, 2.05) is 17.3 Å². The van der Waals surface area contributed by atoms with Crippen LogP contribution in [0.1, 0.15) is 36.1 Å². The molecule has 1 saturated carbocycles. The number of nitrogens with one attached hydrogen (secondary N) is 1. The Morgan fingerprint density at radius 1 is 1.12 bits per heavy atom. The van der Waals surface area contributed by atoms with E-state index in [0.717, 1.165) is 18.9 Å². The highest BCUT2D eigenvalue weighted by Gasteiger charge is 2.33.